The van der Waals surface area contributed by atoms with Crippen LogP contribution < -0.4 is 0 Å². The molecule has 2 nitrogen and oxygen atoms in total. The molecule has 0 aliphatic carbocycles. The van der Waals surface area contributed by atoms with Gasteiger partial charge in [-0.15, -0.1) is 0 Å². The van der Waals surface area contributed by atoms with Crippen molar-refractivity contribution < 1.29 is 14.3 Å². The Bertz CT molecular complexity index is 650. The second-order valence-corrected chi connectivity index (χ2v) is 4.32. The van der Waals surface area contributed by atoms with Gasteiger partial charge in [-0.05, 0) is 42.0 Å². The van der Waals surface area contributed by atoms with E-state index in [1.807, 2.05) is 0 Å². The molecular weight excluding hydrogens is 267 g/mol. The third-order valence-electron chi connectivity index (χ3n) is 2.49. The number of allylic oxidation sites excluding steroid dienone is 1. The van der Waals surface area contributed by atoms with Gasteiger partial charge in [0.25, 0.3) is 0 Å². The maximum absolute atomic E-state index is 12.9. The third kappa shape index (κ3) is 3.42. The number of carbonyl (C=O) groups is 1. The van der Waals surface area contributed by atoms with Gasteiger partial charge in [-0.3, -0.25) is 4.79 Å². The van der Waals surface area contributed by atoms with Gasteiger partial charge < -0.3 is 5.11 Å². The van der Waals surface area contributed by atoms with Crippen LogP contribution in [-0.2, 0) is 0 Å². The summed E-state index contributed by atoms with van der Waals surface area (Å²) in [5.74, 6) is -0.693. The molecule has 0 aliphatic heterocycles. The van der Waals surface area contributed by atoms with Crippen molar-refractivity contribution >= 4 is 23.5 Å². The quantitative estimate of drug-likeness (QED) is 0.677. The summed E-state index contributed by atoms with van der Waals surface area (Å²) >= 11 is 5.80. The first kappa shape index (κ1) is 13.3. The fourth-order valence-corrected chi connectivity index (χ4v) is 1.84. The zero-order valence-corrected chi connectivity index (χ0v) is 10.6. The molecule has 0 fully saturated rings. The van der Waals surface area contributed by atoms with E-state index in [1.54, 1.807) is 18.2 Å². The summed E-state index contributed by atoms with van der Waals surface area (Å²) in [7, 11) is 0. The maximum atomic E-state index is 12.9. The van der Waals surface area contributed by atoms with Gasteiger partial charge in [0, 0.05) is 5.56 Å². The molecule has 96 valence electrons. The molecule has 0 bridgehead atoms. The standard InChI is InChI=1S/C15H10ClFO2/c16-14-9-11(17)5-6-13(14)15(19)7-4-10-2-1-3-12(18)8-10/h1-9,18H/b7-4+. The van der Waals surface area contributed by atoms with E-state index in [9.17, 15) is 14.3 Å². The predicted molar refractivity (Wildman–Crippen MR) is 72.9 cm³/mol. The lowest BCUT2D eigenvalue weighted by molar-refractivity contribution is 0.104. The molecule has 19 heavy (non-hydrogen) atoms. The lowest BCUT2D eigenvalue weighted by Gasteiger charge is -2.00. The van der Waals surface area contributed by atoms with E-state index in [0.717, 1.165) is 6.07 Å². The Morgan fingerprint density at radius 1 is 1.21 bits per heavy atom. The molecule has 2 rings (SSSR count). The minimum atomic E-state index is -0.487. The molecule has 4 heteroatoms. The van der Waals surface area contributed by atoms with Crippen molar-refractivity contribution in [2.75, 3.05) is 0 Å². The average Bonchev–Trinajstić information content (AvgIpc) is 2.36. The van der Waals surface area contributed by atoms with Gasteiger partial charge in [0.2, 0.25) is 0 Å². The molecule has 0 aromatic heterocycles. The Labute approximate surface area is 114 Å². The fraction of sp³-hybridized carbons (Fsp3) is 0. The molecule has 1 N–H and O–H groups in total. The van der Waals surface area contributed by atoms with Crippen LogP contribution in [-0.4, -0.2) is 10.9 Å². The van der Waals surface area contributed by atoms with E-state index < -0.39 is 5.82 Å². The van der Waals surface area contributed by atoms with E-state index >= 15 is 0 Å². The van der Waals surface area contributed by atoms with Crippen LogP contribution in [0.3, 0.4) is 0 Å². The molecule has 0 spiro atoms. The van der Waals surface area contributed by atoms with E-state index in [4.69, 9.17) is 11.6 Å². The maximum Gasteiger partial charge on any atom is 0.187 e. The molecule has 0 amide bonds. The fourth-order valence-electron chi connectivity index (χ4n) is 1.58. The second-order valence-electron chi connectivity index (χ2n) is 3.92. The molecule has 0 unspecified atom stereocenters. The van der Waals surface area contributed by atoms with Gasteiger partial charge in [-0.2, -0.15) is 0 Å². The van der Waals surface area contributed by atoms with Crippen LogP contribution in [0.1, 0.15) is 15.9 Å². The molecule has 2 aromatic rings. The molecule has 2 aromatic carbocycles. The van der Waals surface area contributed by atoms with Gasteiger partial charge in [0.05, 0.1) is 5.02 Å². The van der Waals surface area contributed by atoms with Crippen molar-refractivity contribution in [3.63, 3.8) is 0 Å². The first-order valence-corrected chi connectivity index (χ1v) is 5.90. The Hall–Kier alpha value is -2.13. The zero-order valence-electron chi connectivity index (χ0n) is 9.81. The van der Waals surface area contributed by atoms with Gasteiger partial charge >= 0.3 is 0 Å². The number of hydrogen-bond acceptors (Lipinski definition) is 2. The van der Waals surface area contributed by atoms with E-state index in [2.05, 4.69) is 0 Å². The van der Waals surface area contributed by atoms with Gasteiger partial charge in [-0.25, -0.2) is 4.39 Å². The highest BCUT2D eigenvalue weighted by molar-refractivity contribution is 6.34. The lowest BCUT2D eigenvalue weighted by Crippen LogP contribution is -1.95. The summed E-state index contributed by atoms with van der Waals surface area (Å²) in [6.45, 7) is 0. The number of ketones is 1. The van der Waals surface area contributed by atoms with Crippen LogP contribution >= 0.6 is 11.6 Å². The van der Waals surface area contributed by atoms with Crippen LogP contribution in [0.4, 0.5) is 4.39 Å². The Balaban J connectivity index is 2.21. The highest BCUT2D eigenvalue weighted by Crippen LogP contribution is 2.19. The number of hydrogen-bond donors (Lipinski definition) is 1. The highest BCUT2D eigenvalue weighted by atomic mass is 35.5. The van der Waals surface area contributed by atoms with Crippen molar-refractivity contribution in [3.05, 3.63) is 70.5 Å². The number of phenolic OH excluding ortho intramolecular Hbond substituents is 1. The van der Waals surface area contributed by atoms with Gasteiger partial charge in [0.1, 0.15) is 11.6 Å². The summed E-state index contributed by atoms with van der Waals surface area (Å²) < 4.78 is 12.9. The minimum Gasteiger partial charge on any atom is -0.508 e. The van der Waals surface area contributed by atoms with Crippen molar-refractivity contribution in [1.29, 1.82) is 0 Å². The molecular formula is C15H10ClFO2. The van der Waals surface area contributed by atoms with Crippen molar-refractivity contribution in [2.45, 2.75) is 0 Å². The topological polar surface area (TPSA) is 37.3 Å². The molecule has 0 atom stereocenters. The number of phenols is 1. The molecule has 0 aliphatic rings. The normalized spacial score (nSPS) is 10.8. The Kier molecular flexibility index (Phi) is 3.97. The monoisotopic (exact) mass is 276 g/mol. The third-order valence-corrected chi connectivity index (χ3v) is 2.81. The molecule has 0 saturated carbocycles. The summed E-state index contributed by atoms with van der Waals surface area (Å²) in [6, 6.07) is 10.1. The number of benzene rings is 2. The second kappa shape index (κ2) is 5.67. The van der Waals surface area contributed by atoms with Crippen LogP contribution in [0, 0.1) is 5.82 Å². The summed E-state index contributed by atoms with van der Waals surface area (Å²) in [5, 5.41) is 9.36. The van der Waals surface area contributed by atoms with Crippen molar-refractivity contribution in [2.24, 2.45) is 0 Å². The molecule has 0 saturated heterocycles. The first-order chi connectivity index (χ1) is 9.06. The number of rotatable bonds is 3. The van der Waals surface area contributed by atoms with E-state index in [1.165, 1.54) is 30.3 Å². The average molecular weight is 277 g/mol. The van der Waals surface area contributed by atoms with Crippen LogP contribution in [0.15, 0.2) is 48.5 Å². The Morgan fingerprint density at radius 3 is 2.68 bits per heavy atom. The zero-order chi connectivity index (χ0) is 13.8. The predicted octanol–water partition coefficient (Wildman–Crippen LogP) is 4.08. The number of halogens is 2. The van der Waals surface area contributed by atoms with Gasteiger partial charge in [0.15, 0.2) is 5.78 Å². The first-order valence-electron chi connectivity index (χ1n) is 5.53. The van der Waals surface area contributed by atoms with Crippen LogP contribution in [0.2, 0.25) is 5.02 Å². The number of aromatic hydroxyl groups is 1. The summed E-state index contributed by atoms with van der Waals surface area (Å²) in [5.41, 5.74) is 0.922. The summed E-state index contributed by atoms with van der Waals surface area (Å²) in [4.78, 5) is 11.9. The summed E-state index contributed by atoms with van der Waals surface area (Å²) in [6.07, 6.45) is 2.88. The van der Waals surface area contributed by atoms with Gasteiger partial charge in [-0.1, -0.05) is 29.8 Å². The smallest absolute Gasteiger partial charge is 0.187 e. The SMILES string of the molecule is O=C(/C=C/c1cccc(O)c1)c1ccc(F)cc1Cl. The Morgan fingerprint density at radius 2 is 2.00 bits per heavy atom. The minimum absolute atomic E-state index is 0.0746. The largest absolute Gasteiger partial charge is 0.508 e. The lowest BCUT2D eigenvalue weighted by atomic mass is 10.1. The van der Waals surface area contributed by atoms with E-state index in [0.29, 0.717) is 5.56 Å². The van der Waals surface area contributed by atoms with E-state index in [-0.39, 0.29) is 22.1 Å². The number of carbonyl (C=O) groups excluding carboxylic acids is 1. The van der Waals surface area contributed by atoms with Crippen LogP contribution in [0.5, 0.6) is 5.75 Å². The van der Waals surface area contributed by atoms with Crippen molar-refractivity contribution in [3.8, 4) is 5.75 Å². The van der Waals surface area contributed by atoms with Crippen molar-refractivity contribution in [1.82, 2.24) is 0 Å². The molecule has 0 radical (unpaired) electrons. The highest BCUT2D eigenvalue weighted by Gasteiger charge is 2.08. The van der Waals surface area contributed by atoms with Crippen LogP contribution in [0.25, 0.3) is 6.08 Å². The molecule has 0 heterocycles.